The first-order valence-corrected chi connectivity index (χ1v) is 7.28. The van der Waals surface area contributed by atoms with Crippen molar-refractivity contribution in [2.24, 2.45) is 5.73 Å². The summed E-state index contributed by atoms with van der Waals surface area (Å²) in [6, 6.07) is 5.90. The van der Waals surface area contributed by atoms with E-state index in [9.17, 15) is 4.79 Å². The second-order valence-corrected chi connectivity index (χ2v) is 5.30. The standard InChI is InChI=1S/C17H22N2O2/c1-13-12-15(6-5-14(13)4-3-9-18)17(20)19(2)16-7-10-21-11-8-16/h5-6,12,16H,7-11,18H2,1-2H3. The van der Waals surface area contributed by atoms with Gasteiger partial charge in [0.2, 0.25) is 0 Å². The van der Waals surface area contributed by atoms with Gasteiger partial charge in [-0.3, -0.25) is 4.79 Å². The molecular formula is C17H22N2O2. The van der Waals surface area contributed by atoms with Crippen molar-refractivity contribution in [1.82, 2.24) is 4.90 Å². The minimum Gasteiger partial charge on any atom is -0.381 e. The van der Waals surface area contributed by atoms with E-state index in [1.807, 2.05) is 37.1 Å². The number of aryl methyl sites for hydroxylation is 1. The van der Waals surface area contributed by atoms with Gasteiger partial charge in [-0.05, 0) is 43.5 Å². The highest BCUT2D eigenvalue weighted by atomic mass is 16.5. The summed E-state index contributed by atoms with van der Waals surface area (Å²) < 4.78 is 5.34. The quantitative estimate of drug-likeness (QED) is 0.839. The molecule has 1 aromatic carbocycles. The van der Waals surface area contributed by atoms with Gasteiger partial charge < -0.3 is 15.4 Å². The molecule has 1 amide bonds. The Morgan fingerprint density at radius 3 is 2.76 bits per heavy atom. The Bertz CT molecular complexity index is 566. The van der Waals surface area contributed by atoms with Gasteiger partial charge in [0, 0.05) is 37.4 Å². The molecule has 0 atom stereocenters. The van der Waals surface area contributed by atoms with E-state index in [1.165, 1.54) is 0 Å². The summed E-state index contributed by atoms with van der Waals surface area (Å²) >= 11 is 0. The summed E-state index contributed by atoms with van der Waals surface area (Å²) in [5, 5.41) is 0. The molecule has 0 bridgehead atoms. The normalized spacial score (nSPS) is 15.2. The first kappa shape index (κ1) is 15.6. The van der Waals surface area contributed by atoms with E-state index < -0.39 is 0 Å². The number of amides is 1. The van der Waals surface area contributed by atoms with E-state index in [0.717, 1.165) is 37.2 Å². The number of ether oxygens (including phenoxy) is 1. The molecule has 0 spiro atoms. The summed E-state index contributed by atoms with van der Waals surface area (Å²) in [6.07, 6.45) is 1.81. The van der Waals surface area contributed by atoms with Crippen LogP contribution in [-0.2, 0) is 4.74 Å². The molecule has 2 rings (SSSR count). The number of nitrogens with zero attached hydrogens (tertiary/aromatic N) is 1. The van der Waals surface area contributed by atoms with Crippen LogP contribution in [0.4, 0.5) is 0 Å². The smallest absolute Gasteiger partial charge is 0.253 e. The summed E-state index contributed by atoms with van der Waals surface area (Å²) in [6.45, 7) is 3.77. The highest BCUT2D eigenvalue weighted by molar-refractivity contribution is 5.94. The van der Waals surface area contributed by atoms with E-state index in [4.69, 9.17) is 10.5 Å². The van der Waals surface area contributed by atoms with Crippen LogP contribution >= 0.6 is 0 Å². The lowest BCUT2D eigenvalue weighted by Gasteiger charge is -2.31. The fourth-order valence-corrected chi connectivity index (χ4v) is 2.53. The topological polar surface area (TPSA) is 55.6 Å². The zero-order valence-electron chi connectivity index (χ0n) is 12.7. The molecule has 0 saturated carbocycles. The number of hydrogen-bond acceptors (Lipinski definition) is 3. The van der Waals surface area contributed by atoms with Crippen molar-refractivity contribution in [2.75, 3.05) is 26.8 Å². The van der Waals surface area contributed by atoms with E-state index in [0.29, 0.717) is 12.1 Å². The predicted octanol–water partition coefficient (Wildman–Crippen LogP) is 1.56. The van der Waals surface area contributed by atoms with Crippen molar-refractivity contribution in [1.29, 1.82) is 0 Å². The maximum atomic E-state index is 12.6. The fourth-order valence-electron chi connectivity index (χ4n) is 2.53. The number of benzene rings is 1. The van der Waals surface area contributed by atoms with Crippen LogP contribution in [0.2, 0.25) is 0 Å². The maximum absolute atomic E-state index is 12.6. The third kappa shape index (κ3) is 3.84. The molecule has 21 heavy (non-hydrogen) atoms. The van der Waals surface area contributed by atoms with Gasteiger partial charge in [-0.2, -0.15) is 0 Å². The maximum Gasteiger partial charge on any atom is 0.253 e. The van der Waals surface area contributed by atoms with Crippen molar-refractivity contribution in [3.05, 3.63) is 34.9 Å². The SMILES string of the molecule is Cc1cc(C(=O)N(C)C2CCOCC2)ccc1C#CCN. The van der Waals surface area contributed by atoms with Crippen molar-refractivity contribution in [3.63, 3.8) is 0 Å². The molecule has 1 aliphatic rings. The lowest BCUT2D eigenvalue weighted by Crippen LogP contribution is -2.40. The van der Waals surface area contributed by atoms with Crippen LogP contribution in [0.1, 0.15) is 34.3 Å². The van der Waals surface area contributed by atoms with Gasteiger partial charge in [0.1, 0.15) is 0 Å². The molecule has 0 unspecified atom stereocenters. The molecule has 4 heteroatoms. The zero-order valence-corrected chi connectivity index (χ0v) is 12.7. The summed E-state index contributed by atoms with van der Waals surface area (Å²) in [4.78, 5) is 14.4. The number of hydrogen-bond donors (Lipinski definition) is 1. The van der Waals surface area contributed by atoms with Crippen molar-refractivity contribution >= 4 is 5.91 Å². The van der Waals surface area contributed by atoms with Crippen molar-refractivity contribution < 1.29 is 9.53 Å². The van der Waals surface area contributed by atoms with E-state index in [-0.39, 0.29) is 11.9 Å². The second kappa shape index (κ2) is 7.26. The average Bonchev–Trinajstić information content (AvgIpc) is 2.53. The first-order valence-electron chi connectivity index (χ1n) is 7.28. The Morgan fingerprint density at radius 2 is 2.14 bits per heavy atom. The van der Waals surface area contributed by atoms with E-state index >= 15 is 0 Å². The molecule has 0 aliphatic carbocycles. The van der Waals surface area contributed by atoms with Crippen LogP contribution in [0, 0.1) is 18.8 Å². The number of rotatable bonds is 2. The highest BCUT2D eigenvalue weighted by Gasteiger charge is 2.23. The molecule has 0 radical (unpaired) electrons. The van der Waals surface area contributed by atoms with Gasteiger partial charge in [-0.25, -0.2) is 0 Å². The van der Waals surface area contributed by atoms with Gasteiger partial charge in [0.05, 0.1) is 6.54 Å². The van der Waals surface area contributed by atoms with Crippen LogP contribution in [0.15, 0.2) is 18.2 Å². The molecule has 1 aliphatic heterocycles. The monoisotopic (exact) mass is 286 g/mol. The van der Waals surface area contributed by atoms with Crippen LogP contribution < -0.4 is 5.73 Å². The Labute approximate surface area is 126 Å². The third-order valence-electron chi connectivity index (χ3n) is 3.86. The summed E-state index contributed by atoms with van der Waals surface area (Å²) in [5.74, 6) is 5.91. The number of carbonyl (C=O) groups is 1. The molecule has 1 saturated heterocycles. The largest absolute Gasteiger partial charge is 0.381 e. The summed E-state index contributed by atoms with van der Waals surface area (Å²) in [5.41, 5.74) is 8.01. The third-order valence-corrected chi connectivity index (χ3v) is 3.86. The van der Waals surface area contributed by atoms with Crippen molar-refractivity contribution in [3.8, 4) is 11.8 Å². The van der Waals surface area contributed by atoms with Gasteiger partial charge in [-0.15, -0.1) is 0 Å². The Morgan fingerprint density at radius 1 is 1.43 bits per heavy atom. The second-order valence-electron chi connectivity index (χ2n) is 5.30. The molecule has 1 heterocycles. The van der Waals surface area contributed by atoms with Crippen LogP contribution in [0.5, 0.6) is 0 Å². The van der Waals surface area contributed by atoms with E-state index in [1.54, 1.807) is 0 Å². The first-order chi connectivity index (χ1) is 10.1. The van der Waals surface area contributed by atoms with Gasteiger partial charge in [0.15, 0.2) is 0 Å². The van der Waals surface area contributed by atoms with Gasteiger partial charge in [-0.1, -0.05) is 11.8 Å². The molecule has 1 aromatic rings. The Kier molecular flexibility index (Phi) is 5.38. The highest BCUT2D eigenvalue weighted by Crippen LogP contribution is 2.17. The van der Waals surface area contributed by atoms with Crippen LogP contribution in [-0.4, -0.2) is 43.7 Å². The number of nitrogens with two attached hydrogens (primary N) is 1. The average molecular weight is 286 g/mol. The Balaban J connectivity index is 2.13. The minimum absolute atomic E-state index is 0.0586. The van der Waals surface area contributed by atoms with Crippen molar-refractivity contribution in [2.45, 2.75) is 25.8 Å². The summed E-state index contributed by atoms with van der Waals surface area (Å²) in [7, 11) is 1.87. The fraction of sp³-hybridized carbons (Fsp3) is 0.471. The van der Waals surface area contributed by atoms with Gasteiger partial charge in [0.25, 0.3) is 5.91 Å². The lowest BCUT2D eigenvalue weighted by atomic mass is 10.0. The predicted molar refractivity (Wildman–Crippen MR) is 83.0 cm³/mol. The molecule has 2 N–H and O–H groups in total. The lowest BCUT2D eigenvalue weighted by molar-refractivity contribution is 0.0362. The van der Waals surface area contributed by atoms with E-state index in [2.05, 4.69) is 11.8 Å². The minimum atomic E-state index is 0.0586. The zero-order chi connectivity index (χ0) is 15.2. The molecule has 0 aromatic heterocycles. The van der Waals surface area contributed by atoms with Gasteiger partial charge >= 0.3 is 0 Å². The molecule has 112 valence electrons. The molecule has 4 nitrogen and oxygen atoms in total. The molecular weight excluding hydrogens is 264 g/mol. The Hall–Kier alpha value is -1.83. The van der Waals surface area contributed by atoms with Crippen LogP contribution in [0.25, 0.3) is 0 Å². The van der Waals surface area contributed by atoms with Crippen LogP contribution in [0.3, 0.4) is 0 Å². The molecule has 1 fully saturated rings. The number of carbonyl (C=O) groups excluding carboxylic acids is 1.